The normalized spacial score (nSPS) is 10.7. The second-order valence-electron chi connectivity index (χ2n) is 6.37. The summed E-state index contributed by atoms with van der Waals surface area (Å²) >= 11 is 0. The maximum atomic E-state index is 11.6. The Hall–Kier alpha value is -4.13. The van der Waals surface area contributed by atoms with E-state index < -0.39 is 4.92 Å². The molecule has 0 N–H and O–H groups in total. The number of ether oxygens (including phenoxy) is 1. The van der Waals surface area contributed by atoms with Gasteiger partial charge < -0.3 is 4.74 Å². The Morgan fingerprint density at radius 1 is 1.00 bits per heavy atom. The predicted molar refractivity (Wildman–Crippen MR) is 108 cm³/mol. The molecule has 0 atom stereocenters. The van der Waals surface area contributed by atoms with Crippen LogP contribution in [0.5, 0.6) is 11.5 Å². The highest BCUT2D eigenvalue weighted by atomic mass is 16.6. The Kier molecular flexibility index (Phi) is 4.70. The number of aromatic nitrogens is 2. The highest BCUT2D eigenvalue weighted by Gasteiger charge is 2.18. The van der Waals surface area contributed by atoms with Gasteiger partial charge in [-0.2, -0.15) is 0 Å². The van der Waals surface area contributed by atoms with Crippen molar-refractivity contribution in [3.05, 3.63) is 88.6 Å². The number of benzene rings is 3. The van der Waals surface area contributed by atoms with E-state index in [4.69, 9.17) is 4.74 Å². The zero-order valence-corrected chi connectivity index (χ0v) is 15.4. The van der Waals surface area contributed by atoms with Crippen LogP contribution in [0.4, 0.5) is 5.69 Å². The summed E-state index contributed by atoms with van der Waals surface area (Å²) in [6.45, 7) is 1.45. The molecule has 0 aliphatic rings. The first kappa shape index (κ1) is 18.2. The Bertz CT molecular complexity index is 1250. The van der Waals surface area contributed by atoms with Gasteiger partial charge in [0.15, 0.2) is 5.78 Å². The van der Waals surface area contributed by atoms with Crippen LogP contribution in [0.2, 0.25) is 0 Å². The molecule has 142 valence electrons. The fraction of sp³-hybridized carbons (Fsp3) is 0.0455. The molecule has 7 heteroatoms. The molecule has 1 aromatic heterocycles. The number of ketones is 1. The van der Waals surface area contributed by atoms with Crippen molar-refractivity contribution >= 4 is 22.5 Å². The van der Waals surface area contributed by atoms with Crippen molar-refractivity contribution in [2.75, 3.05) is 0 Å². The van der Waals surface area contributed by atoms with Gasteiger partial charge in [-0.1, -0.05) is 24.3 Å². The number of nitro benzene ring substituents is 1. The van der Waals surface area contributed by atoms with Crippen LogP contribution in [0.25, 0.3) is 22.3 Å². The number of carbonyl (C=O) groups is 1. The Morgan fingerprint density at radius 2 is 1.79 bits per heavy atom. The molecule has 0 radical (unpaired) electrons. The van der Waals surface area contributed by atoms with Gasteiger partial charge in [-0.15, -0.1) is 0 Å². The second kappa shape index (κ2) is 7.47. The number of rotatable bonds is 5. The summed E-state index contributed by atoms with van der Waals surface area (Å²) < 4.78 is 5.69. The first-order valence-corrected chi connectivity index (χ1v) is 8.81. The Labute approximate surface area is 165 Å². The number of carbonyl (C=O) groups excluding carboxylic acids is 1. The summed E-state index contributed by atoms with van der Waals surface area (Å²) in [5.74, 6) is 0.308. The van der Waals surface area contributed by atoms with Gasteiger partial charge >= 0.3 is 5.69 Å². The molecule has 0 amide bonds. The largest absolute Gasteiger partial charge is 0.450 e. The highest BCUT2D eigenvalue weighted by Crippen LogP contribution is 2.35. The van der Waals surface area contributed by atoms with Gasteiger partial charge in [-0.25, -0.2) is 4.98 Å². The van der Waals surface area contributed by atoms with Crippen LogP contribution in [0, 0.1) is 10.1 Å². The molecule has 0 fully saturated rings. The van der Waals surface area contributed by atoms with Gasteiger partial charge in [0, 0.05) is 17.2 Å². The van der Waals surface area contributed by atoms with Crippen LogP contribution in [0.15, 0.2) is 72.9 Å². The minimum Gasteiger partial charge on any atom is -0.450 e. The molecule has 1 heterocycles. The zero-order chi connectivity index (χ0) is 20.4. The molecule has 0 aliphatic heterocycles. The topological polar surface area (TPSA) is 95.2 Å². The quantitative estimate of drug-likeness (QED) is 0.266. The molecular formula is C22H15N3O4. The lowest BCUT2D eigenvalue weighted by Crippen LogP contribution is -1.97. The Morgan fingerprint density at radius 3 is 2.55 bits per heavy atom. The molecule has 0 spiro atoms. The van der Waals surface area contributed by atoms with Crippen molar-refractivity contribution in [2.45, 2.75) is 6.92 Å². The summed E-state index contributed by atoms with van der Waals surface area (Å²) in [4.78, 5) is 31.5. The third kappa shape index (κ3) is 3.79. The molecule has 29 heavy (non-hydrogen) atoms. The van der Waals surface area contributed by atoms with Crippen LogP contribution in [0.3, 0.4) is 0 Å². The van der Waals surface area contributed by atoms with Gasteiger partial charge in [-0.05, 0) is 43.3 Å². The fourth-order valence-corrected chi connectivity index (χ4v) is 2.91. The number of fused-ring (bicyclic) bond motifs is 1. The standard InChI is InChI=1S/C22H15N3O4/c1-14(26)15-5-4-6-17(11-15)29-22-10-9-16(12-21(22)25(27)28)20-13-23-18-7-2-3-8-19(18)24-20/h2-13H,1H3. The van der Waals surface area contributed by atoms with Gasteiger partial charge in [0.05, 0.1) is 27.8 Å². The van der Waals surface area contributed by atoms with Crippen LogP contribution in [-0.4, -0.2) is 20.7 Å². The van der Waals surface area contributed by atoms with E-state index in [9.17, 15) is 14.9 Å². The third-order valence-corrected chi connectivity index (χ3v) is 4.37. The number of para-hydroxylation sites is 2. The van der Waals surface area contributed by atoms with E-state index in [0.717, 1.165) is 5.52 Å². The van der Waals surface area contributed by atoms with Crippen LogP contribution in [0.1, 0.15) is 17.3 Å². The van der Waals surface area contributed by atoms with Gasteiger partial charge in [0.1, 0.15) is 5.75 Å². The Balaban J connectivity index is 1.72. The average molecular weight is 385 g/mol. The summed E-state index contributed by atoms with van der Waals surface area (Å²) in [5, 5.41) is 11.6. The molecule has 4 aromatic rings. The van der Waals surface area contributed by atoms with Crippen molar-refractivity contribution in [2.24, 2.45) is 0 Å². The van der Waals surface area contributed by atoms with E-state index >= 15 is 0 Å². The summed E-state index contributed by atoms with van der Waals surface area (Å²) in [6.07, 6.45) is 1.58. The second-order valence-corrected chi connectivity index (χ2v) is 6.37. The molecule has 0 unspecified atom stereocenters. The molecule has 4 rings (SSSR count). The molecule has 0 aliphatic carbocycles. The molecule has 3 aromatic carbocycles. The van der Waals surface area contributed by atoms with E-state index in [-0.39, 0.29) is 17.2 Å². The molecular weight excluding hydrogens is 370 g/mol. The monoisotopic (exact) mass is 385 g/mol. The SMILES string of the molecule is CC(=O)c1cccc(Oc2ccc(-c3cnc4ccccc4n3)cc2[N+](=O)[O-])c1. The highest BCUT2D eigenvalue weighted by molar-refractivity contribution is 5.94. The average Bonchev–Trinajstić information content (AvgIpc) is 2.73. The molecule has 0 saturated carbocycles. The van der Waals surface area contributed by atoms with Crippen LogP contribution >= 0.6 is 0 Å². The van der Waals surface area contributed by atoms with E-state index in [1.807, 2.05) is 24.3 Å². The summed E-state index contributed by atoms with van der Waals surface area (Å²) in [5.41, 5.74) is 2.79. The van der Waals surface area contributed by atoms with Gasteiger partial charge in [-0.3, -0.25) is 19.9 Å². The summed E-state index contributed by atoms with van der Waals surface area (Å²) in [6, 6.07) is 18.5. The first-order valence-electron chi connectivity index (χ1n) is 8.81. The van der Waals surface area contributed by atoms with Gasteiger partial charge in [0.25, 0.3) is 0 Å². The maximum Gasteiger partial charge on any atom is 0.312 e. The first-order chi connectivity index (χ1) is 14.0. The molecule has 0 bridgehead atoms. The van der Waals surface area contributed by atoms with Crippen molar-refractivity contribution in [3.8, 4) is 22.8 Å². The third-order valence-electron chi connectivity index (χ3n) is 4.37. The number of nitrogens with zero attached hydrogens (tertiary/aromatic N) is 3. The smallest absolute Gasteiger partial charge is 0.312 e. The van der Waals surface area contributed by atoms with Gasteiger partial charge in [0.2, 0.25) is 5.75 Å². The summed E-state index contributed by atoms with van der Waals surface area (Å²) in [7, 11) is 0. The maximum absolute atomic E-state index is 11.6. The predicted octanol–water partition coefficient (Wildman–Crippen LogP) is 5.20. The lowest BCUT2D eigenvalue weighted by molar-refractivity contribution is -0.385. The number of nitro groups is 1. The lowest BCUT2D eigenvalue weighted by Gasteiger charge is -2.09. The fourth-order valence-electron chi connectivity index (χ4n) is 2.91. The zero-order valence-electron chi connectivity index (χ0n) is 15.4. The van der Waals surface area contributed by atoms with Crippen LogP contribution < -0.4 is 4.74 Å². The number of hydrogen-bond acceptors (Lipinski definition) is 6. The van der Waals surface area contributed by atoms with E-state index in [2.05, 4.69) is 9.97 Å². The minimum atomic E-state index is -0.512. The van der Waals surface area contributed by atoms with Crippen molar-refractivity contribution in [3.63, 3.8) is 0 Å². The van der Waals surface area contributed by atoms with Crippen LogP contribution in [-0.2, 0) is 0 Å². The lowest BCUT2D eigenvalue weighted by atomic mass is 10.1. The molecule has 7 nitrogen and oxygen atoms in total. The van der Waals surface area contributed by atoms with Crippen molar-refractivity contribution in [1.29, 1.82) is 0 Å². The van der Waals surface area contributed by atoms with Crippen molar-refractivity contribution < 1.29 is 14.5 Å². The number of hydrogen-bond donors (Lipinski definition) is 0. The number of Topliss-reactive ketones (excluding diaryl/α,β-unsaturated/α-hetero) is 1. The minimum absolute atomic E-state index is 0.0770. The van der Waals surface area contributed by atoms with E-state index in [1.165, 1.54) is 19.1 Å². The van der Waals surface area contributed by atoms with Crippen molar-refractivity contribution in [1.82, 2.24) is 9.97 Å². The molecule has 0 saturated heterocycles. The van der Waals surface area contributed by atoms with E-state index in [1.54, 1.807) is 36.5 Å². The van der Waals surface area contributed by atoms with E-state index in [0.29, 0.717) is 28.1 Å².